The summed E-state index contributed by atoms with van der Waals surface area (Å²) in [7, 11) is 0. The molecule has 0 aliphatic heterocycles. The van der Waals surface area contributed by atoms with Crippen LogP contribution in [0, 0.1) is 11.6 Å². The first-order chi connectivity index (χ1) is 5.95. The Labute approximate surface area is 81.1 Å². The standard InChI is InChI=1S/C7HCl2F3O/c8-4-2(7(12)13)1-3(10)6(11)5(4)9/h1H. The Morgan fingerprint density at radius 3 is 2.23 bits per heavy atom. The van der Waals surface area contributed by atoms with Crippen molar-refractivity contribution in [2.45, 2.75) is 0 Å². The van der Waals surface area contributed by atoms with Crippen molar-refractivity contribution in [2.24, 2.45) is 0 Å². The van der Waals surface area contributed by atoms with Gasteiger partial charge in [0.15, 0.2) is 11.6 Å². The lowest BCUT2D eigenvalue weighted by atomic mass is 10.2. The van der Waals surface area contributed by atoms with Gasteiger partial charge in [-0.15, -0.1) is 0 Å². The van der Waals surface area contributed by atoms with Crippen molar-refractivity contribution >= 4 is 29.2 Å². The summed E-state index contributed by atoms with van der Waals surface area (Å²) < 4.78 is 37.3. The van der Waals surface area contributed by atoms with E-state index < -0.39 is 33.3 Å². The van der Waals surface area contributed by atoms with E-state index in [1.165, 1.54) is 0 Å². The van der Waals surface area contributed by atoms with Crippen LogP contribution < -0.4 is 0 Å². The highest BCUT2D eigenvalue weighted by Crippen LogP contribution is 2.30. The lowest BCUT2D eigenvalue weighted by Gasteiger charge is -2.02. The minimum Gasteiger partial charge on any atom is -0.255 e. The monoisotopic (exact) mass is 228 g/mol. The van der Waals surface area contributed by atoms with Crippen LogP contribution in [0.1, 0.15) is 10.4 Å². The molecule has 0 spiro atoms. The second-order valence-electron chi connectivity index (χ2n) is 2.12. The van der Waals surface area contributed by atoms with E-state index in [2.05, 4.69) is 0 Å². The molecule has 0 amide bonds. The second kappa shape index (κ2) is 3.55. The van der Waals surface area contributed by atoms with Gasteiger partial charge >= 0.3 is 6.04 Å². The summed E-state index contributed by atoms with van der Waals surface area (Å²) in [5, 5.41) is -1.43. The third-order valence-corrected chi connectivity index (χ3v) is 2.16. The average molecular weight is 229 g/mol. The van der Waals surface area contributed by atoms with Crippen LogP contribution in [-0.2, 0) is 0 Å². The first kappa shape index (κ1) is 10.3. The summed E-state index contributed by atoms with van der Waals surface area (Å²) in [6.45, 7) is 0. The largest absolute Gasteiger partial charge is 0.333 e. The highest BCUT2D eigenvalue weighted by atomic mass is 35.5. The summed E-state index contributed by atoms with van der Waals surface area (Å²) in [5.74, 6) is -2.83. The van der Waals surface area contributed by atoms with Crippen LogP contribution >= 0.6 is 23.2 Å². The van der Waals surface area contributed by atoms with Gasteiger partial charge in [0.1, 0.15) is 0 Å². The zero-order chi connectivity index (χ0) is 10.2. The zero-order valence-corrected chi connectivity index (χ0v) is 7.39. The molecule has 0 radical (unpaired) electrons. The molecule has 70 valence electrons. The van der Waals surface area contributed by atoms with Crippen LogP contribution in [0.25, 0.3) is 0 Å². The van der Waals surface area contributed by atoms with Crippen molar-refractivity contribution in [3.05, 3.63) is 33.3 Å². The van der Waals surface area contributed by atoms with Gasteiger partial charge in [0, 0.05) is 0 Å². The van der Waals surface area contributed by atoms with Crippen LogP contribution in [0.2, 0.25) is 10.0 Å². The van der Waals surface area contributed by atoms with Gasteiger partial charge in [-0.25, -0.2) is 8.78 Å². The number of halogens is 5. The molecule has 0 aliphatic rings. The fourth-order valence-corrected chi connectivity index (χ4v) is 1.12. The number of hydrogen-bond donors (Lipinski definition) is 0. The van der Waals surface area contributed by atoms with Crippen molar-refractivity contribution in [3.8, 4) is 0 Å². The molecule has 0 saturated heterocycles. The summed E-state index contributed by atoms with van der Waals surface area (Å²) in [6, 6.07) is -1.61. The predicted octanol–water partition coefficient (Wildman–Crippen LogP) is 3.38. The van der Waals surface area contributed by atoms with Gasteiger partial charge in [0.25, 0.3) is 0 Å². The topological polar surface area (TPSA) is 17.1 Å². The van der Waals surface area contributed by atoms with E-state index in [1.807, 2.05) is 0 Å². The number of benzene rings is 1. The fraction of sp³-hybridized carbons (Fsp3) is 0. The van der Waals surface area contributed by atoms with Gasteiger partial charge in [-0.1, -0.05) is 23.2 Å². The van der Waals surface area contributed by atoms with Gasteiger partial charge in [-0.3, -0.25) is 4.79 Å². The molecular weight excluding hydrogens is 228 g/mol. The van der Waals surface area contributed by atoms with Crippen molar-refractivity contribution in [2.75, 3.05) is 0 Å². The van der Waals surface area contributed by atoms with Crippen molar-refractivity contribution in [1.82, 2.24) is 0 Å². The van der Waals surface area contributed by atoms with E-state index in [0.717, 1.165) is 0 Å². The van der Waals surface area contributed by atoms with Gasteiger partial charge in [-0.05, 0) is 6.07 Å². The molecule has 0 saturated carbocycles. The Bertz CT molecular complexity index is 378. The first-order valence-corrected chi connectivity index (χ1v) is 3.73. The SMILES string of the molecule is O=C(F)c1cc(F)c(F)c(Cl)c1Cl. The van der Waals surface area contributed by atoms with E-state index in [0.29, 0.717) is 6.07 Å². The molecule has 13 heavy (non-hydrogen) atoms. The molecule has 0 aliphatic carbocycles. The van der Waals surface area contributed by atoms with Gasteiger partial charge in [-0.2, -0.15) is 4.39 Å². The molecule has 0 bridgehead atoms. The molecule has 1 nitrogen and oxygen atoms in total. The van der Waals surface area contributed by atoms with Crippen molar-refractivity contribution < 1.29 is 18.0 Å². The van der Waals surface area contributed by atoms with Gasteiger partial charge in [0.2, 0.25) is 0 Å². The van der Waals surface area contributed by atoms with Crippen molar-refractivity contribution in [3.63, 3.8) is 0 Å². The summed E-state index contributed by atoms with van der Waals surface area (Å²) in [4.78, 5) is 10.2. The van der Waals surface area contributed by atoms with E-state index in [-0.39, 0.29) is 0 Å². The molecule has 1 aromatic carbocycles. The molecule has 1 aromatic rings. The molecule has 0 unspecified atom stereocenters. The van der Waals surface area contributed by atoms with Gasteiger partial charge < -0.3 is 0 Å². The highest BCUT2D eigenvalue weighted by molar-refractivity contribution is 6.43. The van der Waals surface area contributed by atoms with Gasteiger partial charge in [0.05, 0.1) is 15.6 Å². The molecule has 0 heterocycles. The van der Waals surface area contributed by atoms with E-state index in [9.17, 15) is 18.0 Å². The number of carbonyl (C=O) groups excluding carboxylic acids is 1. The first-order valence-electron chi connectivity index (χ1n) is 2.98. The van der Waals surface area contributed by atoms with Crippen LogP contribution in [0.15, 0.2) is 6.07 Å². The Hall–Kier alpha value is -0.740. The van der Waals surface area contributed by atoms with Crippen LogP contribution in [0.4, 0.5) is 13.2 Å². The van der Waals surface area contributed by atoms with Crippen LogP contribution in [0.5, 0.6) is 0 Å². The Morgan fingerprint density at radius 1 is 1.23 bits per heavy atom. The lowest BCUT2D eigenvalue weighted by Crippen LogP contribution is -1.97. The summed E-state index contributed by atoms with van der Waals surface area (Å²) >= 11 is 10.4. The third kappa shape index (κ3) is 1.78. The smallest absolute Gasteiger partial charge is 0.255 e. The predicted molar refractivity (Wildman–Crippen MR) is 41.8 cm³/mol. The number of carbonyl (C=O) groups is 1. The maximum atomic E-state index is 12.6. The quantitative estimate of drug-likeness (QED) is 0.409. The van der Waals surface area contributed by atoms with E-state index in [1.54, 1.807) is 0 Å². The fourth-order valence-electron chi connectivity index (χ4n) is 0.716. The normalized spacial score (nSPS) is 10.2. The van der Waals surface area contributed by atoms with Crippen molar-refractivity contribution in [1.29, 1.82) is 0 Å². The molecule has 0 aromatic heterocycles. The second-order valence-corrected chi connectivity index (χ2v) is 2.88. The average Bonchev–Trinajstić information content (AvgIpc) is 2.07. The molecule has 0 fully saturated rings. The molecule has 6 heteroatoms. The van der Waals surface area contributed by atoms with E-state index >= 15 is 0 Å². The lowest BCUT2D eigenvalue weighted by molar-refractivity contribution is 0.0835. The molecule has 1 rings (SSSR count). The molecule has 0 N–H and O–H groups in total. The maximum Gasteiger partial charge on any atom is 0.333 e. The highest BCUT2D eigenvalue weighted by Gasteiger charge is 2.19. The minimum atomic E-state index is -1.97. The van der Waals surface area contributed by atoms with Crippen LogP contribution in [0.3, 0.4) is 0 Å². The Morgan fingerprint density at radius 2 is 1.77 bits per heavy atom. The minimum absolute atomic E-state index is 0.353. The summed E-state index contributed by atoms with van der Waals surface area (Å²) in [6.07, 6.45) is 0. The number of hydrogen-bond acceptors (Lipinski definition) is 1. The third-order valence-electron chi connectivity index (χ3n) is 1.31. The Kier molecular flexibility index (Phi) is 2.83. The maximum absolute atomic E-state index is 12.6. The molecular formula is C7HCl2F3O. The van der Waals surface area contributed by atoms with E-state index in [4.69, 9.17) is 23.2 Å². The zero-order valence-electron chi connectivity index (χ0n) is 5.88. The van der Waals surface area contributed by atoms with Crippen LogP contribution in [-0.4, -0.2) is 6.04 Å². The number of rotatable bonds is 1. The Balaban J connectivity index is 3.50. The molecule has 0 atom stereocenters. The summed E-state index contributed by atoms with van der Waals surface area (Å²) in [5.41, 5.74) is -0.787.